The molecule has 0 aromatic carbocycles. The Hall–Kier alpha value is -0.870. The fraction of sp³-hybridized carbons (Fsp3) is 0.800. The van der Waals surface area contributed by atoms with Crippen LogP contribution in [0.2, 0.25) is 0 Å². The minimum absolute atomic E-state index is 0.0742. The number of nitrogens with zero attached hydrogens (tertiary/aromatic N) is 1. The Kier molecular flexibility index (Phi) is 7.10. The standard InChI is InChI=1S/C15H29N3O/c1-5-8-17-15(19)13(4)18(12(2)3)11-14-6-9-16-10-7-14/h5,12-14,16H,1,6-11H2,2-4H3,(H,17,19). The Bertz CT molecular complexity index is 285. The fourth-order valence-corrected chi connectivity index (χ4v) is 2.65. The first-order chi connectivity index (χ1) is 9.06. The van der Waals surface area contributed by atoms with Crippen LogP contribution in [-0.4, -0.2) is 49.1 Å². The summed E-state index contributed by atoms with van der Waals surface area (Å²) >= 11 is 0. The van der Waals surface area contributed by atoms with Gasteiger partial charge in [-0.15, -0.1) is 6.58 Å². The van der Waals surface area contributed by atoms with Gasteiger partial charge in [-0.05, 0) is 52.6 Å². The van der Waals surface area contributed by atoms with Crippen LogP contribution in [0.3, 0.4) is 0 Å². The van der Waals surface area contributed by atoms with Gasteiger partial charge in [-0.2, -0.15) is 0 Å². The summed E-state index contributed by atoms with van der Waals surface area (Å²) in [5.74, 6) is 0.806. The number of carbonyl (C=O) groups is 1. The molecule has 0 aromatic rings. The van der Waals surface area contributed by atoms with Crippen LogP contribution < -0.4 is 10.6 Å². The molecular formula is C15H29N3O. The van der Waals surface area contributed by atoms with Gasteiger partial charge in [0.05, 0.1) is 6.04 Å². The summed E-state index contributed by atoms with van der Waals surface area (Å²) in [4.78, 5) is 14.4. The van der Waals surface area contributed by atoms with Crippen LogP contribution >= 0.6 is 0 Å². The number of hydrogen-bond donors (Lipinski definition) is 2. The van der Waals surface area contributed by atoms with E-state index in [4.69, 9.17) is 0 Å². The van der Waals surface area contributed by atoms with Gasteiger partial charge < -0.3 is 10.6 Å². The highest BCUT2D eigenvalue weighted by Crippen LogP contribution is 2.17. The Morgan fingerprint density at radius 1 is 1.42 bits per heavy atom. The van der Waals surface area contributed by atoms with Crippen LogP contribution in [0.15, 0.2) is 12.7 Å². The first-order valence-electron chi connectivity index (χ1n) is 7.41. The number of hydrogen-bond acceptors (Lipinski definition) is 3. The molecule has 0 saturated carbocycles. The quantitative estimate of drug-likeness (QED) is 0.685. The molecule has 1 aliphatic rings. The first kappa shape index (κ1) is 16.2. The van der Waals surface area contributed by atoms with Crippen molar-refractivity contribution in [3.05, 3.63) is 12.7 Å². The minimum Gasteiger partial charge on any atom is -0.351 e. The van der Waals surface area contributed by atoms with E-state index in [0.29, 0.717) is 18.5 Å². The largest absolute Gasteiger partial charge is 0.351 e. The third-order valence-electron chi connectivity index (χ3n) is 3.89. The highest BCUT2D eigenvalue weighted by atomic mass is 16.2. The predicted octanol–water partition coefficient (Wildman–Crippen LogP) is 1.39. The van der Waals surface area contributed by atoms with Gasteiger partial charge in [0.1, 0.15) is 0 Å². The lowest BCUT2D eigenvalue weighted by Crippen LogP contribution is -2.50. The smallest absolute Gasteiger partial charge is 0.237 e. The molecule has 1 saturated heterocycles. The molecule has 1 rings (SSSR count). The van der Waals surface area contributed by atoms with Crippen molar-refractivity contribution in [2.45, 2.75) is 45.7 Å². The molecule has 0 aromatic heterocycles. The first-order valence-corrected chi connectivity index (χ1v) is 7.41. The lowest BCUT2D eigenvalue weighted by Gasteiger charge is -2.36. The van der Waals surface area contributed by atoms with Crippen molar-refractivity contribution in [3.8, 4) is 0 Å². The van der Waals surface area contributed by atoms with Crippen LogP contribution in [-0.2, 0) is 4.79 Å². The minimum atomic E-state index is -0.0742. The van der Waals surface area contributed by atoms with E-state index < -0.39 is 0 Å². The lowest BCUT2D eigenvalue weighted by atomic mass is 9.96. The molecule has 2 N–H and O–H groups in total. The molecule has 1 unspecified atom stereocenters. The molecule has 19 heavy (non-hydrogen) atoms. The second kappa shape index (κ2) is 8.33. The zero-order chi connectivity index (χ0) is 14.3. The van der Waals surface area contributed by atoms with Crippen molar-refractivity contribution >= 4 is 5.91 Å². The molecule has 4 heteroatoms. The molecule has 0 bridgehead atoms. The van der Waals surface area contributed by atoms with Crippen molar-refractivity contribution in [1.82, 2.24) is 15.5 Å². The SMILES string of the molecule is C=CCNC(=O)C(C)N(CC1CCNCC1)C(C)C. The van der Waals surface area contributed by atoms with Crippen molar-refractivity contribution in [1.29, 1.82) is 0 Å². The van der Waals surface area contributed by atoms with Gasteiger partial charge in [0, 0.05) is 19.1 Å². The van der Waals surface area contributed by atoms with Crippen molar-refractivity contribution in [2.24, 2.45) is 5.92 Å². The fourth-order valence-electron chi connectivity index (χ4n) is 2.65. The molecule has 1 atom stereocenters. The summed E-state index contributed by atoms with van der Waals surface area (Å²) < 4.78 is 0. The van der Waals surface area contributed by atoms with Gasteiger partial charge in [-0.1, -0.05) is 6.08 Å². The predicted molar refractivity (Wildman–Crippen MR) is 80.1 cm³/mol. The molecule has 1 aliphatic heterocycles. The average molecular weight is 267 g/mol. The van der Waals surface area contributed by atoms with Crippen LogP contribution in [0.4, 0.5) is 0 Å². The van der Waals surface area contributed by atoms with Crippen LogP contribution in [0.25, 0.3) is 0 Å². The number of piperidine rings is 1. The molecule has 110 valence electrons. The Balaban J connectivity index is 2.54. The van der Waals surface area contributed by atoms with Gasteiger partial charge >= 0.3 is 0 Å². The Labute approximate surface area is 117 Å². The summed E-state index contributed by atoms with van der Waals surface area (Å²) in [6.45, 7) is 13.7. The maximum Gasteiger partial charge on any atom is 0.237 e. The maximum absolute atomic E-state index is 12.1. The average Bonchev–Trinajstić information content (AvgIpc) is 2.42. The molecule has 0 radical (unpaired) electrons. The topological polar surface area (TPSA) is 44.4 Å². The van der Waals surface area contributed by atoms with E-state index in [1.807, 2.05) is 6.92 Å². The maximum atomic E-state index is 12.1. The zero-order valence-corrected chi connectivity index (χ0v) is 12.6. The van der Waals surface area contributed by atoms with Crippen molar-refractivity contribution in [2.75, 3.05) is 26.2 Å². The van der Waals surface area contributed by atoms with E-state index in [1.165, 1.54) is 12.8 Å². The van der Waals surface area contributed by atoms with Crippen LogP contribution in [0.1, 0.15) is 33.6 Å². The van der Waals surface area contributed by atoms with Crippen molar-refractivity contribution in [3.63, 3.8) is 0 Å². The number of carbonyl (C=O) groups excluding carboxylic acids is 1. The van der Waals surface area contributed by atoms with Gasteiger partial charge in [0.15, 0.2) is 0 Å². The summed E-state index contributed by atoms with van der Waals surface area (Å²) in [6, 6.07) is 0.314. The second-order valence-electron chi connectivity index (χ2n) is 5.69. The highest BCUT2D eigenvalue weighted by molar-refractivity contribution is 5.81. The third-order valence-corrected chi connectivity index (χ3v) is 3.89. The summed E-state index contributed by atoms with van der Waals surface area (Å²) in [5, 5.41) is 6.28. The molecule has 1 heterocycles. The Morgan fingerprint density at radius 2 is 2.05 bits per heavy atom. The van der Waals surface area contributed by atoms with E-state index in [9.17, 15) is 4.79 Å². The third kappa shape index (κ3) is 5.33. The van der Waals surface area contributed by atoms with Crippen LogP contribution in [0.5, 0.6) is 0 Å². The normalized spacial score (nSPS) is 18.6. The van der Waals surface area contributed by atoms with E-state index >= 15 is 0 Å². The van der Waals surface area contributed by atoms with Crippen LogP contribution in [0, 0.1) is 5.92 Å². The monoisotopic (exact) mass is 267 g/mol. The molecular weight excluding hydrogens is 238 g/mol. The molecule has 0 aliphatic carbocycles. The Morgan fingerprint density at radius 3 is 2.58 bits per heavy atom. The van der Waals surface area contributed by atoms with E-state index in [0.717, 1.165) is 19.6 Å². The van der Waals surface area contributed by atoms with Gasteiger partial charge in [-0.25, -0.2) is 0 Å². The van der Waals surface area contributed by atoms with Gasteiger partial charge in [0.2, 0.25) is 5.91 Å². The molecule has 0 spiro atoms. The zero-order valence-electron chi connectivity index (χ0n) is 12.6. The summed E-state index contributed by atoms with van der Waals surface area (Å²) in [7, 11) is 0. The van der Waals surface area contributed by atoms with E-state index in [2.05, 4.69) is 36.0 Å². The second-order valence-corrected chi connectivity index (χ2v) is 5.69. The molecule has 4 nitrogen and oxygen atoms in total. The number of rotatable bonds is 7. The summed E-state index contributed by atoms with van der Waals surface area (Å²) in [6.07, 6.45) is 4.14. The van der Waals surface area contributed by atoms with E-state index in [-0.39, 0.29) is 11.9 Å². The highest BCUT2D eigenvalue weighted by Gasteiger charge is 2.26. The van der Waals surface area contributed by atoms with Gasteiger partial charge in [-0.3, -0.25) is 9.69 Å². The van der Waals surface area contributed by atoms with Crippen molar-refractivity contribution < 1.29 is 4.79 Å². The van der Waals surface area contributed by atoms with Gasteiger partial charge in [0.25, 0.3) is 0 Å². The summed E-state index contributed by atoms with van der Waals surface area (Å²) in [5.41, 5.74) is 0. The van der Waals surface area contributed by atoms with E-state index in [1.54, 1.807) is 6.08 Å². The number of nitrogens with one attached hydrogen (secondary N) is 2. The number of amides is 1. The molecule has 1 fully saturated rings. The lowest BCUT2D eigenvalue weighted by molar-refractivity contribution is -0.126. The molecule has 1 amide bonds.